The molecule has 0 bridgehead atoms. The van der Waals surface area contributed by atoms with E-state index in [1.165, 1.54) is 11.4 Å². The molecule has 64 valence electrons. The van der Waals surface area contributed by atoms with E-state index in [1.807, 2.05) is 6.92 Å². The molecule has 0 aliphatic carbocycles. The maximum Gasteiger partial charge on any atom is 0.0127 e. The molecule has 0 aliphatic heterocycles. The fraction of sp³-hybridized carbons (Fsp3) is 0.600. The average Bonchev–Trinajstić information content (AvgIpc) is 2.00. The van der Waals surface area contributed by atoms with Gasteiger partial charge in [-0.1, -0.05) is 26.5 Å². The van der Waals surface area contributed by atoms with Crippen LogP contribution in [-0.2, 0) is 0 Å². The van der Waals surface area contributed by atoms with Crippen LogP contribution in [0.2, 0.25) is 0 Å². The number of rotatable bonds is 3. The highest BCUT2D eigenvalue weighted by molar-refractivity contribution is 5.07. The normalized spacial score (nSPS) is 12.0. The van der Waals surface area contributed by atoms with Crippen molar-refractivity contribution >= 4 is 0 Å². The molecule has 0 spiro atoms. The zero-order valence-electron chi connectivity index (χ0n) is 8.31. The standard InChI is InChI=1S/C10H19N/c1-7-9(4)11(6)10(5)8(2)3/h7-8H,5H2,1-4,6H3/b9-7-. The van der Waals surface area contributed by atoms with Crippen LogP contribution < -0.4 is 0 Å². The highest BCUT2D eigenvalue weighted by atomic mass is 15.1. The molecule has 0 aliphatic rings. The largest absolute Gasteiger partial charge is 0.353 e. The molecule has 0 atom stereocenters. The lowest BCUT2D eigenvalue weighted by molar-refractivity contribution is 0.456. The summed E-state index contributed by atoms with van der Waals surface area (Å²) in [6.45, 7) is 12.4. The van der Waals surface area contributed by atoms with Crippen LogP contribution in [-0.4, -0.2) is 11.9 Å². The van der Waals surface area contributed by atoms with Crippen molar-refractivity contribution < 1.29 is 0 Å². The molecule has 0 N–H and O–H groups in total. The van der Waals surface area contributed by atoms with Gasteiger partial charge in [0, 0.05) is 18.4 Å². The van der Waals surface area contributed by atoms with Crippen LogP contribution in [0.5, 0.6) is 0 Å². The van der Waals surface area contributed by atoms with Gasteiger partial charge in [-0.2, -0.15) is 0 Å². The van der Waals surface area contributed by atoms with Gasteiger partial charge in [-0.15, -0.1) is 0 Å². The van der Waals surface area contributed by atoms with Crippen molar-refractivity contribution in [3.05, 3.63) is 24.0 Å². The van der Waals surface area contributed by atoms with Crippen LogP contribution in [0.25, 0.3) is 0 Å². The molecule has 1 nitrogen and oxygen atoms in total. The number of nitrogens with zero attached hydrogens (tertiary/aromatic N) is 1. The van der Waals surface area contributed by atoms with Crippen LogP contribution in [0.15, 0.2) is 24.0 Å². The van der Waals surface area contributed by atoms with Crippen molar-refractivity contribution in [1.29, 1.82) is 0 Å². The maximum atomic E-state index is 4.01. The zero-order valence-corrected chi connectivity index (χ0v) is 8.31. The van der Waals surface area contributed by atoms with E-state index in [0.717, 1.165) is 0 Å². The van der Waals surface area contributed by atoms with Crippen molar-refractivity contribution in [1.82, 2.24) is 4.90 Å². The summed E-state index contributed by atoms with van der Waals surface area (Å²) in [5, 5.41) is 0. The van der Waals surface area contributed by atoms with Crippen LogP contribution in [0.4, 0.5) is 0 Å². The van der Waals surface area contributed by atoms with Gasteiger partial charge in [0.1, 0.15) is 0 Å². The number of hydrogen-bond acceptors (Lipinski definition) is 1. The fourth-order valence-electron chi connectivity index (χ4n) is 0.807. The van der Waals surface area contributed by atoms with Gasteiger partial charge in [-0.05, 0) is 19.8 Å². The third-order valence-electron chi connectivity index (χ3n) is 2.04. The summed E-state index contributed by atoms with van der Waals surface area (Å²) < 4.78 is 0. The average molecular weight is 153 g/mol. The van der Waals surface area contributed by atoms with Crippen LogP contribution >= 0.6 is 0 Å². The van der Waals surface area contributed by atoms with E-state index in [-0.39, 0.29) is 0 Å². The summed E-state index contributed by atoms with van der Waals surface area (Å²) >= 11 is 0. The summed E-state index contributed by atoms with van der Waals surface area (Å²) in [4.78, 5) is 2.13. The van der Waals surface area contributed by atoms with Crippen molar-refractivity contribution in [2.24, 2.45) is 5.92 Å². The minimum absolute atomic E-state index is 0.523. The van der Waals surface area contributed by atoms with E-state index < -0.39 is 0 Å². The molecular weight excluding hydrogens is 134 g/mol. The second-order valence-corrected chi connectivity index (χ2v) is 3.14. The SMILES string of the molecule is C=C(C(C)C)N(C)/C(C)=C\C. The third kappa shape index (κ3) is 2.79. The van der Waals surface area contributed by atoms with Crippen molar-refractivity contribution in [2.75, 3.05) is 7.05 Å². The first-order valence-electron chi connectivity index (χ1n) is 4.06. The Morgan fingerprint density at radius 1 is 1.45 bits per heavy atom. The topological polar surface area (TPSA) is 3.24 Å². The van der Waals surface area contributed by atoms with Gasteiger partial charge in [0.2, 0.25) is 0 Å². The van der Waals surface area contributed by atoms with Gasteiger partial charge in [0.25, 0.3) is 0 Å². The van der Waals surface area contributed by atoms with Crippen molar-refractivity contribution in [2.45, 2.75) is 27.7 Å². The van der Waals surface area contributed by atoms with Gasteiger partial charge < -0.3 is 4.90 Å². The lowest BCUT2D eigenvalue weighted by atomic mass is 10.1. The Morgan fingerprint density at radius 3 is 2.18 bits per heavy atom. The molecule has 0 unspecified atom stereocenters. The molecular formula is C10H19N. The minimum Gasteiger partial charge on any atom is -0.353 e. The summed E-state index contributed by atoms with van der Waals surface area (Å²) in [5.41, 5.74) is 2.42. The molecule has 0 radical (unpaired) electrons. The van der Waals surface area contributed by atoms with Gasteiger partial charge >= 0.3 is 0 Å². The zero-order chi connectivity index (χ0) is 9.02. The number of hydrogen-bond donors (Lipinski definition) is 0. The molecule has 0 saturated heterocycles. The Balaban J connectivity index is 4.25. The predicted molar refractivity (Wildman–Crippen MR) is 51.2 cm³/mol. The first kappa shape index (κ1) is 10.3. The van der Waals surface area contributed by atoms with Gasteiger partial charge in [0.15, 0.2) is 0 Å². The van der Waals surface area contributed by atoms with E-state index in [2.05, 4.69) is 45.4 Å². The van der Waals surface area contributed by atoms with Crippen molar-refractivity contribution in [3.63, 3.8) is 0 Å². The van der Waals surface area contributed by atoms with Crippen LogP contribution in [0.3, 0.4) is 0 Å². The highest BCUT2D eigenvalue weighted by Crippen LogP contribution is 2.15. The summed E-state index contributed by atoms with van der Waals surface area (Å²) in [6.07, 6.45) is 2.09. The molecule has 0 aromatic rings. The Bertz CT molecular complexity index is 166. The molecule has 0 amide bonds. The second-order valence-electron chi connectivity index (χ2n) is 3.14. The highest BCUT2D eigenvalue weighted by Gasteiger charge is 2.05. The maximum absolute atomic E-state index is 4.01. The molecule has 0 rings (SSSR count). The Hall–Kier alpha value is -0.720. The first-order chi connectivity index (χ1) is 5.00. The second kappa shape index (κ2) is 4.22. The van der Waals surface area contributed by atoms with Gasteiger partial charge in [-0.3, -0.25) is 0 Å². The quantitative estimate of drug-likeness (QED) is 0.602. The van der Waals surface area contributed by atoms with Gasteiger partial charge in [0.05, 0.1) is 0 Å². The third-order valence-corrected chi connectivity index (χ3v) is 2.04. The summed E-state index contributed by atoms with van der Waals surface area (Å²) in [5.74, 6) is 0.523. The molecule has 0 fully saturated rings. The van der Waals surface area contributed by atoms with Crippen molar-refractivity contribution in [3.8, 4) is 0 Å². The lowest BCUT2D eigenvalue weighted by Crippen LogP contribution is -2.17. The van der Waals surface area contributed by atoms with E-state index >= 15 is 0 Å². The Morgan fingerprint density at radius 2 is 1.91 bits per heavy atom. The monoisotopic (exact) mass is 153 g/mol. The van der Waals surface area contributed by atoms with E-state index in [9.17, 15) is 0 Å². The van der Waals surface area contributed by atoms with Crippen LogP contribution in [0, 0.1) is 5.92 Å². The predicted octanol–water partition coefficient (Wildman–Crippen LogP) is 3.01. The molecule has 0 aromatic heterocycles. The van der Waals surface area contributed by atoms with E-state index in [1.54, 1.807) is 0 Å². The lowest BCUT2D eigenvalue weighted by Gasteiger charge is -2.24. The molecule has 0 heterocycles. The smallest absolute Gasteiger partial charge is 0.0127 e. The molecule has 0 aromatic carbocycles. The van der Waals surface area contributed by atoms with E-state index in [0.29, 0.717) is 5.92 Å². The summed E-state index contributed by atoms with van der Waals surface area (Å²) in [7, 11) is 2.05. The first-order valence-corrected chi connectivity index (χ1v) is 4.06. The summed E-state index contributed by atoms with van der Waals surface area (Å²) in [6, 6.07) is 0. The van der Waals surface area contributed by atoms with E-state index in [4.69, 9.17) is 0 Å². The molecule has 1 heteroatoms. The molecule has 11 heavy (non-hydrogen) atoms. The molecule has 0 saturated carbocycles. The fourth-order valence-corrected chi connectivity index (χ4v) is 0.807. The number of allylic oxidation sites excluding steroid dienone is 3. The van der Waals surface area contributed by atoms with Crippen LogP contribution in [0.1, 0.15) is 27.7 Å². The Kier molecular flexibility index (Phi) is 3.94. The Labute approximate surface area is 70.4 Å². The minimum atomic E-state index is 0.523. The van der Waals surface area contributed by atoms with Gasteiger partial charge in [-0.25, -0.2) is 0 Å².